The van der Waals surface area contributed by atoms with Crippen molar-refractivity contribution < 1.29 is 9.53 Å². The summed E-state index contributed by atoms with van der Waals surface area (Å²) in [5.74, 6) is 0.533. The molecule has 1 aromatic carbocycles. The molecule has 1 aliphatic heterocycles. The van der Waals surface area contributed by atoms with E-state index in [0.29, 0.717) is 4.88 Å². The Morgan fingerprint density at radius 1 is 1.17 bits per heavy atom. The van der Waals surface area contributed by atoms with Gasteiger partial charge in [0.2, 0.25) is 5.28 Å². The van der Waals surface area contributed by atoms with Crippen molar-refractivity contribution in [3.8, 4) is 0 Å². The van der Waals surface area contributed by atoms with Crippen LogP contribution < -0.4 is 4.90 Å². The minimum Gasteiger partial charge on any atom is -0.458 e. The number of carbonyl (C=O) groups excluding carboxylic acids is 1. The van der Waals surface area contributed by atoms with Crippen LogP contribution in [0.15, 0.2) is 24.3 Å². The van der Waals surface area contributed by atoms with Crippen LogP contribution in [0.3, 0.4) is 0 Å². The SMILES string of the molecule is Cc1c(C(=O)OC2CCCCC2)sc2nc(Cl)nc(N3CCCc4ccccc43)c12. The lowest BCUT2D eigenvalue weighted by Gasteiger charge is -2.31. The number of rotatable bonds is 3. The second-order valence-corrected chi connectivity index (χ2v) is 9.44. The van der Waals surface area contributed by atoms with E-state index in [-0.39, 0.29) is 17.4 Å². The van der Waals surface area contributed by atoms with Crippen LogP contribution in [0.5, 0.6) is 0 Å². The van der Waals surface area contributed by atoms with E-state index in [2.05, 4.69) is 33.1 Å². The third-order valence-electron chi connectivity index (χ3n) is 6.12. The van der Waals surface area contributed by atoms with E-state index in [1.165, 1.54) is 23.3 Å². The number of anilines is 2. The zero-order valence-electron chi connectivity index (χ0n) is 17.0. The summed E-state index contributed by atoms with van der Waals surface area (Å²) in [7, 11) is 0. The smallest absolute Gasteiger partial charge is 0.348 e. The molecule has 0 N–H and O–H groups in total. The molecule has 0 unspecified atom stereocenters. The van der Waals surface area contributed by atoms with Crippen molar-refractivity contribution in [2.75, 3.05) is 11.4 Å². The molecule has 0 amide bonds. The maximum atomic E-state index is 13.0. The number of benzene rings is 1. The fourth-order valence-corrected chi connectivity index (χ4v) is 5.90. The number of carbonyl (C=O) groups is 1. The van der Waals surface area contributed by atoms with Gasteiger partial charge in [-0.3, -0.25) is 0 Å². The van der Waals surface area contributed by atoms with Gasteiger partial charge in [0, 0.05) is 12.2 Å². The molecule has 0 radical (unpaired) electrons. The summed E-state index contributed by atoms with van der Waals surface area (Å²) in [5.41, 5.74) is 3.33. The molecule has 3 aromatic rings. The highest BCUT2D eigenvalue weighted by Gasteiger charge is 2.28. The quantitative estimate of drug-likeness (QED) is 0.356. The Hall–Kier alpha value is -2.18. The molecule has 0 atom stereocenters. The summed E-state index contributed by atoms with van der Waals surface area (Å²) in [4.78, 5) is 25.6. The average Bonchev–Trinajstić information content (AvgIpc) is 3.10. The summed E-state index contributed by atoms with van der Waals surface area (Å²) < 4.78 is 5.84. The van der Waals surface area contributed by atoms with Gasteiger partial charge in [0.05, 0.1) is 5.39 Å². The Bertz CT molecular complexity index is 1110. The molecule has 156 valence electrons. The molecular formula is C23H24ClN3O2S. The summed E-state index contributed by atoms with van der Waals surface area (Å²) in [6.07, 6.45) is 7.51. The second-order valence-electron chi connectivity index (χ2n) is 8.10. The monoisotopic (exact) mass is 441 g/mol. The Morgan fingerprint density at radius 2 is 1.97 bits per heavy atom. The number of halogens is 1. The number of aromatic nitrogens is 2. The number of ether oxygens (including phenoxy) is 1. The maximum Gasteiger partial charge on any atom is 0.348 e. The van der Waals surface area contributed by atoms with Gasteiger partial charge in [-0.05, 0) is 74.2 Å². The van der Waals surface area contributed by atoms with Gasteiger partial charge in [-0.1, -0.05) is 24.6 Å². The van der Waals surface area contributed by atoms with Crippen molar-refractivity contribution in [2.45, 2.75) is 58.0 Å². The molecule has 2 aliphatic rings. The van der Waals surface area contributed by atoms with Crippen LogP contribution in [0.25, 0.3) is 10.2 Å². The number of esters is 1. The molecular weight excluding hydrogens is 418 g/mol. The van der Waals surface area contributed by atoms with Crippen LogP contribution in [0.4, 0.5) is 11.5 Å². The van der Waals surface area contributed by atoms with Crippen LogP contribution in [0, 0.1) is 6.92 Å². The van der Waals surface area contributed by atoms with Gasteiger partial charge in [0.1, 0.15) is 21.6 Å². The average molecular weight is 442 g/mol. The largest absolute Gasteiger partial charge is 0.458 e. The first-order chi connectivity index (χ1) is 14.6. The van der Waals surface area contributed by atoms with E-state index in [4.69, 9.17) is 16.3 Å². The third-order valence-corrected chi connectivity index (χ3v) is 7.46. The van der Waals surface area contributed by atoms with E-state index in [9.17, 15) is 4.79 Å². The summed E-state index contributed by atoms with van der Waals surface area (Å²) in [5, 5.41) is 1.10. The fourth-order valence-electron chi connectivity index (χ4n) is 4.62. The van der Waals surface area contributed by atoms with E-state index >= 15 is 0 Å². The number of hydrogen-bond acceptors (Lipinski definition) is 6. The first-order valence-electron chi connectivity index (χ1n) is 10.6. The first-order valence-corrected chi connectivity index (χ1v) is 11.8. The molecule has 1 fully saturated rings. The molecule has 5 rings (SSSR count). The number of thiophene rings is 1. The molecule has 5 nitrogen and oxygen atoms in total. The normalized spacial score (nSPS) is 17.2. The molecule has 7 heteroatoms. The summed E-state index contributed by atoms with van der Waals surface area (Å²) in [6, 6.07) is 8.40. The van der Waals surface area contributed by atoms with E-state index in [0.717, 1.165) is 72.4 Å². The molecule has 1 aliphatic carbocycles. The lowest BCUT2D eigenvalue weighted by molar-refractivity contribution is 0.0216. The van der Waals surface area contributed by atoms with Gasteiger partial charge in [-0.2, -0.15) is 4.98 Å². The molecule has 2 aromatic heterocycles. The Kier molecular flexibility index (Phi) is 5.37. The van der Waals surface area contributed by atoms with Crippen molar-refractivity contribution in [3.63, 3.8) is 0 Å². The van der Waals surface area contributed by atoms with Gasteiger partial charge in [0.15, 0.2) is 0 Å². The zero-order valence-corrected chi connectivity index (χ0v) is 18.6. The number of fused-ring (bicyclic) bond motifs is 2. The highest BCUT2D eigenvalue weighted by Crippen LogP contribution is 2.41. The molecule has 0 bridgehead atoms. The summed E-state index contributed by atoms with van der Waals surface area (Å²) in [6.45, 7) is 2.82. The van der Waals surface area contributed by atoms with Crippen LogP contribution in [0.2, 0.25) is 5.28 Å². The predicted molar refractivity (Wildman–Crippen MR) is 121 cm³/mol. The van der Waals surface area contributed by atoms with Crippen molar-refractivity contribution in [2.24, 2.45) is 0 Å². The van der Waals surface area contributed by atoms with E-state index in [1.807, 2.05) is 13.0 Å². The van der Waals surface area contributed by atoms with Gasteiger partial charge in [-0.15, -0.1) is 11.3 Å². The van der Waals surface area contributed by atoms with Gasteiger partial charge in [0.25, 0.3) is 0 Å². The minimum absolute atomic E-state index is 0.0268. The number of hydrogen-bond donors (Lipinski definition) is 0. The zero-order chi connectivity index (χ0) is 20.7. The molecule has 30 heavy (non-hydrogen) atoms. The predicted octanol–water partition coefficient (Wildman–Crippen LogP) is 6.23. The van der Waals surface area contributed by atoms with Crippen LogP contribution >= 0.6 is 22.9 Å². The van der Waals surface area contributed by atoms with Crippen LogP contribution in [-0.2, 0) is 11.2 Å². The first kappa shape index (κ1) is 19.8. The minimum atomic E-state index is -0.247. The van der Waals surface area contributed by atoms with Crippen molar-refractivity contribution in [1.29, 1.82) is 0 Å². The number of para-hydroxylation sites is 1. The van der Waals surface area contributed by atoms with Crippen molar-refractivity contribution in [1.82, 2.24) is 9.97 Å². The van der Waals surface area contributed by atoms with Crippen LogP contribution in [-0.4, -0.2) is 28.6 Å². The van der Waals surface area contributed by atoms with Gasteiger partial charge in [-0.25, -0.2) is 9.78 Å². The third kappa shape index (κ3) is 3.56. The summed E-state index contributed by atoms with van der Waals surface area (Å²) >= 11 is 7.67. The van der Waals surface area contributed by atoms with Gasteiger partial charge >= 0.3 is 5.97 Å². The standard InChI is InChI=1S/C23H24ClN3O2S/c1-14-18-20(27-13-7-9-15-8-5-6-12-17(15)27)25-23(24)26-21(18)30-19(14)22(28)29-16-10-3-2-4-11-16/h5-6,8,12,16H,2-4,7,9-11,13H2,1H3. The topological polar surface area (TPSA) is 55.3 Å². The van der Waals surface area contributed by atoms with E-state index < -0.39 is 0 Å². The lowest BCUT2D eigenvalue weighted by atomic mass is 9.98. The molecule has 0 spiro atoms. The highest BCUT2D eigenvalue weighted by molar-refractivity contribution is 7.20. The fraction of sp³-hybridized carbons (Fsp3) is 0.435. The number of nitrogens with zero attached hydrogens (tertiary/aromatic N) is 3. The van der Waals surface area contributed by atoms with Crippen LogP contribution in [0.1, 0.15) is 59.3 Å². The Labute approximate surface area is 185 Å². The Balaban J connectivity index is 1.57. The van der Waals surface area contributed by atoms with E-state index in [1.54, 1.807) is 0 Å². The molecule has 3 heterocycles. The second kappa shape index (κ2) is 8.16. The van der Waals surface area contributed by atoms with Crippen molar-refractivity contribution in [3.05, 3.63) is 45.6 Å². The van der Waals surface area contributed by atoms with Crippen molar-refractivity contribution >= 4 is 50.6 Å². The van der Waals surface area contributed by atoms with Gasteiger partial charge < -0.3 is 9.64 Å². The Morgan fingerprint density at radius 3 is 2.80 bits per heavy atom. The number of aryl methyl sites for hydroxylation is 2. The molecule has 0 saturated heterocycles. The molecule has 1 saturated carbocycles. The highest BCUT2D eigenvalue weighted by atomic mass is 35.5. The lowest BCUT2D eigenvalue weighted by Crippen LogP contribution is -2.25. The maximum absolute atomic E-state index is 13.0.